The van der Waals surface area contributed by atoms with Crippen molar-refractivity contribution in [3.05, 3.63) is 24.3 Å². The van der Waals surface area contributed by atoms with Crippen molar-refractivity contribution in [3.63, 3.8) is 0 Å². The van der Waals surface area contributed by atoms with E-state index in [0.29, 0.717) is 6.54 Å². The highest BCUT2D eigenvalue weighted by Gasteiger charge is 2.35. The van der Waals surface area contributed by atoms with E-state index in [-0.39, 0.29) is 18.6 Å². The van der Waals surface area contributed by atoms with Crippen LogP contribution in [0.1, 0.15) is 25.7 Å². The van der Waals surface area contributed by atoms with Crippen molar-refractivity contribution in [3.8, 4) is 5.75 Å². The van der Waals surface area contributed by atoms with Crippen molar-refractivity contribution in [1.29, 1.82) is 0 Å². The Labute approximate surface area is 124 Å². The second kappa shape index (κ2) is 6.35. The molecule has 114 valence electrons. The summed E-state index contributed by atoms with van der Waals surface area (Å²) in [5.41, 5.74) is 0.944. The lowest BCUT2D eigenvalue weighted by Crippen LogP contribution is -2.48. The number of anilines is 1. The number of para-hydroxylation sites is 2. The summed E-state index contributed by atoms with van der Waals surface area (Å²) >= 11 is 0. The van der Waals surface area contributed by atoms with Crippen LogP contribution < -0.4 is 10.1 Å². The Morgan fingerprint density at radius 1 is 1.43 bits per heavy atom. The number of hydrogen-bond donors (Lipinski definition) is 2. The van der Waals surface area contributed by atoms with E-state index in [0.717, 1.165) is 43.7 Å². The number of likely N-dealkylation sites (tertiary alicyclic amines) is 1. The summed E-state index contributed by atoms with van der Waals surface area (Å²) in [7, 11) is 0. The Balaban J connectivity index is 1.66. The maximum absolute atomic E-state index is 12.7. The van der Waals surface area contributed by atoms with Crippen molar-refractivity contribution in [2.45, 2.75) is 37.8 Å². The molecule has 2 aliphatic rings. The summed E-state index contributed by atoms with van der Waals surface area (Å²) in [4.78, 5) is 14.6. The third-order valence-electron chi connectivity index (χ3n) is 4.27. The fourth-order valence-electron chi connectivity index (χ4n) is 3.19. The number of benzene rings is 1. The van der Waals surface area contributed by atoms with Crippen LogP contribution in [0.15, 0.2) is 24.3 Å². The van der Waals surface area contributed by atoms with Gasteiger partial charge in [0.15, 0.2) is 6.10 Å². The van der Waals surface area contributed by atoms with E-state index in [1.54, 1.807) is 0 Å². The van der Waals surface area contributed by atoms with Gasteiger partial charge in [-0.15, -0.1) is 0 Å². The van der Waals surface area contributed by atoms with Gasteiger partial charge in [-0.3, -0.25) is 4.79 Å². The number of carbonyl (C=O) groups excluding carboxylic acids is 1. The maximum atomic E-state index is 12.7. The van der Waals surface area contributed by atoms with E-state index < -0.39 is 6.10 Å². The highest BCUT2D eigenvalue weighted by molar-refractivity contribution is 5.83. The highest BCUT2D eigenvalue weighted by Crippen LogP contribution is 2.30. The number of aliphatic hydroxyl groups is 1. The summed E-state index contributed by atoms with van der Waals surface area (Å²) in [6, 6.07) is 7.95. The Kier molecular flexibility index (Phi) is 4.29. The first kappa shape index (κ1) is 14.2. The molecule has 5 heteroatoms. The van der Waals surface area contributed by atoms with Crippen molar-refractivity contribution in [1.82, 2.24) is 4.90 Å². The van der Waals surface area contributed by atoms with Gasteiger partial charge in [-0.05, 0) is 37.8 Å². The number of ether oxygens (including phenoxy) is 1. The van der Waals surface area contributed by atoms with E-state index >= 15 is 0 Å². The summed E-state index contributed by atoms with van der Waals surface area (Å²) in [6.45, 7) is 1.50. The minimum absolute atomic E-state index is 0.0671. The minimum Gasteiger partial charge on any atom is -0.477 e. The second-order valence-corrected chi connectivity index (χ2v) is 5.68. The molecule has 0 radical (unpaired) electrons. The average molecular weight is 290 g/mol. The van der Waals surface area contributed by atoms with E-state index in [2.05, 4.69) is 5.32 Å². The zero-order valence-corrected chi connectivity index (χ0v) is 12.1. The molecule has 2 atom stereocenters. The van der Waals surface area contributed by atoms with Crippen LogP contribution in [0.2, 0.25) is 0 Å². The van der Waals surface area contributed by atoms with Crippen LogP contribution in [0.5, 0.6) is 5.75 Å². The number of nitrogens with zero attached hydrogens (tertiary/aromatic N) is 1. The molecule has 0 spiro atoms. The highest BCUT2D eigenvalue weighted by atomic mass is 16.5. The van der Waals surface area contributed by atoms with Gasteiger partial charge in [0.25, 0.3) is 5.91 Å². The molecule has 1 amide bonds. The SMILES string of the molecule is O=C(C1CNc2ccccc2O1)N1CCCC1CCCO. The van der Waals surface area contributed by atoms with Crippen molar-refractivity contribution < 1.29 is 14.6 Å². The number of rotatable bonds is 4. The molecule has 2 heterocycles. The zero-order valence-electron chi connectivity index (χ0n) is 12.1. The summed E-state index contributed by atoms with van der Waals surface area (Å²) in [6.07, 6.45) is 3.25. The maximum Gasteiger partial charge on any atom is 0.265 e. The first-order valence-electron chi connectivity index (χ1n) is 7.70. The lowest BCUT2D eigenvalue weighted by molar-refractivity contribution is -0.139. The summed E-state index contributed by atoms with van der Waals surface area (Å²) in [5, 5.41) is 12.2. The molecule has 1 aromatic rings. The molecule has 2 N–H and O–H groups in total. The van der Waals surface area contributed by atoms with Gasteiger partial charge in [0, 0.05) is 19.2 Å². The third kappa shape index (κ3) is 2.97. The molecule has 0 saturated carbocycles. The lowest BCUT2D eigenvalue weighted by Gasteiger charge is -2.32. The first-order valence-corrected chi connectivity index (χ1v) is 7.70. The van der Waals surface area contributed by atoms with Crippen LogP contribution in [0.4, 0.5) is 5.69 Å². The van der Waals surface area contributed by atoms with Gasteiger partial charge in [-0.1, -0.05) is 12.1 Å². The summed E-state index contributed by atoms with van der Waals surface area (Å²) in [5.74, 6) is 0.811. The number of nitrogens with one attached hydrogen (secondary N) is 1. The molecular weight excluding hydrogens is 268 g/mol. The topological polar surface area (TPSA) is 61.8 Å². The van der Waals surface area contributed by atoms with Crippen LogP contribution in [-0.4, -0.2) is 47.8 Å². The molecule has 0 bridgehead atoms. The van der Waals surface area contributed by atoms with E-state index in [9.17, 15) is 4.79 Å². The number of fused-ring (bicyclic) bond motifs is 1. The average Bonchev–Trinajstić information content (AvgIpc) is 3.00. The normalized spacial score (nSPS) is 24.1. The molecule has 1 aromatic carbocycles. The molecule has 0 aliphatic carbocycles. The Bertz CT molecular complexity index is 506. The second-order valence-electron chi connectivity index (χ2n) is 5.68. The number of amides is 1. The van der Waals surface area contributed by atoms with Gasteiger partial charge >= 0.3 is 0 Å². The Hall–Kier alpha value is -1.75. The smallest absolute Gasteiger partial charge is 0.265 e. The lowest BCUT2D eigenvalue weighted by atomic mass is 10.1. The number of aliphatic hydroxyl groups excluding tert-OH is 1. The summed E-state index contributed by atoms with van der Waals surface area (Å²) < 4.78 is 5.86. The molecule has 21 heavy (non-hydrogen) atoms. The van der Waals surface area contributed by atoms with Gasteiger partial charge in [0.2, 0.25) is 0 Å². The van der Waals surface area contributed by atoms with Crippen LogP contribution in [0.3, 0.4) is 0 Å². The fraction of sp³-hybridized carbons (Fsp3) is 0.562. The van der Waals surface area contributed by atoms with Crippen LogP contribution in [0, 0.1) is 0 Å². The quantitative estimate of drug-likeness (QED) is 0.884. The Morgan fingerprint density at radius 3 is 3.14 bits per heavy atom. The number of hydrogen-bond acceptors (Lipinski definition) is 4. The van der Waals surface area contributed by atoms with Gasteiger partial charge in [-0.2, -0.15) is 0 Å². The van der Waals surface area contributed by atoms with Crippen molar-refractivity contribution in [2.75, 3.05) is 25.0 Å². The van der Waals surface area contributed by atoms with Crippen LogP contribution in [0.25, 0.3) is 0 Å². The number of carbonyl (C=O) groups is 1. The molecular formula is C16H22N2O3. The van der Waals surface area contributed by atoms with Gasteiger partial charge < -0.3 is 20.1 Å². The van der Waals surface area contributed by atoms with E-state index in [1.165, 1.54) is 0 Å². The molecule has 1 fully saturated rings. The largest absolute Gasteiger partial charge is 0.477 e. The molecule has 2 aliphatic heterocycles. The third-order valence-corrected chi connectivity index (χ3v) is 4.27. The van der Waals surface area contributed by atoms with E-state index in [4.69, 9.17) is 9.84 Å². The Morgan fingerprint density at radius 2 is 2.29 bits per heavy atom. The van der Waals surface area contributed by atoms with Gasteiger partial charge in [0.05, 0.1) is 12.2 Å². The minimum atomic E-state index is -0.449. The molecule has 3 rings (SSSR count). The zero-order chi connectivity index (χ0) is 14.7. The van der Waals surface area contributed by atoms with Crippen LogP contribution >= 0.6 is 0 Å². The predicted octanol–water partition coefficient (Wildman–Crippen LogP) is 1.62. The molecule has 2 unspecified atom stereocenters. The predicted molar refractivity (Wildman–Crippen MR) is 80.4 cm³/mol. The van der Waals surface area contributed by atoms with Crippen molar-refractivity contribution in [2.24, 2.45) is 0 Å². The monoisotopic (exact) mass is 290 g/mol. The first-order chi connectivity index (χ1) is 10.3. The van der Waals surface area contributed by atoms with Crippen LogP contribution in [-0.2, 0) is 4.79 Å². The van der Waals surface area contributed by atoms with Gasteiger partial charge in [0.1, 0.15) is 5.75 Å². The molecule has 5 nitrogen and oxygen atoms in total. The van der Waals surface area contributed by atoms with Gasteiger partial charge in [-0.25, -0.2) is 0 Å². The fourth-order valence-corrected chi connectivity index (χ4v) is 3.19. The van der Waals surface area contributed by atoms with E-state index in [1.807, 2.05) is 29.2 Å². The molecule has 1 saturated heterocycles. The molecule has 0 aromatic heterocycles. The van der Waals surface area contributed by atoms with Crippen molar-refractivity contribution >= 4 is 11.6 Å². The standard InChI is InChI=1S/C16H22N2O3/c19-10-4-6-12-5-3-9-18(12)16(20)15-11-17-13-7-1-2-8-14(13)21-15/h1-2,7-8,12,15,17,19H,3-6,9-11H2.